The van der Waals surface area contributed by atoms with E-state index >= 15 is 0 Å². The minimum absolute atomic E-state index is 0.122. The van der Waals surface area contributed by atoms with Crippen LogP contribution in [0, 0.1) is 5.41 Å². The number of hydrogen-bond acceptors (Lipinski definition) is 4. The fourth-order valence-electron chi connectivity index (χ4n) is 0.549. The fraction of sp³-hybridized carbons (Fsp3) is 0.500. The van der Waals surface area contributed by atoms with Crippen LogP contribution in [0.2, 0.25) is 0 Å². The molecule has 0 aromatic rings. The number of aldehydes is 1. The van der Waals surface area contributed by atoms with Crippen LogP contribution in [0.4, 0.5) is 0 Å². The zero-order chi connectivity index (χ0) is 11.9. The van der Waals surface area contributed by atoms with Crippen molar-refractivity contribution < 1.29 is 17.4 Å². The van der Waals surface area contributed by atoms with E-state index in [1.54, 1.807) is 0 Å². The van der Waals surface area contributed by atoms with Gasteiger partial charge in [-0.3, -0.25) is 8.98 Å². The normalized spacial score (nSPS) is 13.8. The summed E-state index contributed by atoms with van der Waals surface area (Å²) in [5, 5.41) is 0.915. The van der Waals surface area contributed by atoms with Gasteiger partial charge in [-0.2, -0.15) is 8.42 Å². The molecule has 15 heavy (non-hydrogen) atoms. The van der Waals surface area contributed by atoms with Gasteiger partial charge < -0.3 is 0 Å². The minimum atomic E-state index is -3.64. The van der Waals surface area contributed by atoms with Crippen molar-refractivity contribution in [3.8, 4) is 0 Å². The van der Waals surface area contributed by atoms with Crippen molar-refractivity contribution in [2.75, 3.05) is 6.61 Å². The van der Waals surface area contributed by atoms with E-state index in [-0.39, 0.29) is 12.0 Å². The van der Waals surface area contributed by atoms with Crippen LogP contribution in [0.3, 0.4) is 0 Å². The molecule has 0 radical (unpaired) electrons. The van der Waals surface area contributed by atoms with E-state index in [9.17, 15) is 13.2 Å². The number of allylic oxidation sites excluding steroid dienone is 3. The molecule has 0 aliphatic carbocycles. The summed E-state index contributed by atoms with van der Waals surface area (Å²) in [5.41, 5.74) is -0.209. The second-order valence-corrected chi connectivity index (χ2v) is 5.66. The average Bonchev–Trinajstić information content (AvgIpc) is 2.09. The Hall–Kier alpha value is -0.940. The second-order valence-electron chi connectivity index (χ2n) is 4.17. The summed E-state index contributed by atoms with van der Waals surface area (Å²) in [6.07, 6.45) is 4.32. The predicted molar refractivity (Wildman–Crippen MR) is 58.7 cm³/mol. The quantitative estimate of drug-likeness (QED) is 0.313. The van der Waals surface area contributed by atoms with Crippen LogP contribution in [-0.2, 0) is 19.1 Å². The van der Waals surface area contributed by atoms with Crippen molar-refractivity contribution in [2.24, 2.45) is 5.41 Å². The monoisotopic (exact) mass is 232 g/mol. The lowest BCUT2D eigenvalue weighted by atomic mass is 9.99. The third-order valence-corrected chi connectivity index (χ3v) is 2.14. The molecule has 0 aliphatic heterocycles. The van der Waals surface area contributed by atoms with Gasteiger partial charge in [-0.1, -0.05) is 26.8 Å². The van der Waals surface area contributed by atoms with E-state index < -0.39 is 10.1 Å². The largest absolute Gasteiger partial charge is 0.299 e. The van der Waals surface area contributed by atoms with Crippen molar-refractivity contribution in [3.63, 3.8) is 0 Å². The first-order chi connectivity index (χ1) is 6.77. The van der Waals surface area contributed by atoms with Crippen molar-refractivity contribution in [2.45, 2.75) is 20.8 Å². The second kappa shape index (κ2) is 5.82. The summed E-state index contributed by atoms with van der Waals surface area (Å²) in [7, 11) is -3.64. The zero-order valence-corrected chi connectivity index (χ0v) is 9.95. The van der Waals surface area contributed by atoms with Crippen molar-refractivity contribution >= 4 is 16.4 Å². The van der Waals surface area contributed by atoms with Crippen LogP contribution in [-0.4, -0.2) is 21.3 Å². The minimum Gasteiger partial charge on any atom is -0.299 e. The van der Waals surface area contributed by atoms with Gasteiger partial charge in [0.15, 0.2) is 0 Å². The smallest absolute Gasteiger partial charge is 0.290 e. The average molecular weight is 232 g/mol. The van der Waals surface area contributed by atoms with E-state index in [0.29, 0.717) is 6.29 Å². The van der Waals surface area contributed by atoms with E-state index in [4.69, 9.17) is 4.18 Å². The molecule has 0 unspecified atom stereocenters. The van der Waals surface area contributed by atoms with Gasteiger partial charge >= 0.3 is 0 Å². The summed E-state index contributed by atoms with van der Waals surface area (Å²) < 4.78 is 27.2. The van der Waals surface area contributed by atoms with Crippen LogP contribution in [0.15, 0.2) is 23.6 Å². The third kappa shape index (κ3) is 9.37. The highest BCUT2D eigenvalue weighted by atomic mass is 32.2. The highest BCUT2D eigenvalue weighted by molar-refractivity contribution is 7.89. The predicted octanol–water partition coefficient (Wildman–Crippen LogP) is 1.65. The van der Waals surface area contributed by atoms with E-state index in [2.05, 4.69) is 0 Å². The lowest BCUT2D eigenvalue weighted by molar-refractivity contribution is -0.104. The number of rotatable bonds is 5. The van der Waals surface area contributed by atoms with Gasteiger partial charge in [0, 0.05) is 0 Å². The van der Waals surface area contributed by atoms with Gasteiger partial charge in [-0.05, 0) is 17.6 Å². The third-order valence-electron chi connectivity index (χ3n) is 1.20. The molecule has 0 rings (SSSR count). The van der Waals surface area contributed by atoms with E-state index in [0.717, 1.165) is 5.41 Å². The molecule has 0 saturated heterocycles. The molecule has 0 bridgehead atoms. The van der Waals surface area contributed by atoms with Crippen LogP contribution in [0.5, 0.6) is 0 Å². The Kier molecular flexibility index (Phi) is 5.46. The molecule has 5 heteroatoms. The van der Waals surface area contributed by atoms with Gasteiger partial charge in [-0.25, -0.2) is 0 Å². The summed E-state index contributed by atoms with van der Waals surface area (Å²) in [4.78, 5) is 9.89. The van der Waals surface area contributed by atoms with Crippen LogP contribution in [0.1, 0.15) is 20.8 Å². The molecule has 86 valence electrons. The lowest BCUT2D eigenvalue weighted by Gasteiger charge is -2.16. The van der Waals surface area contributed by atoms with Crippen LogP contribution >= 0.6 is 0 Å². The molecular weight excluding hydrogens is 216 g/mol. The Morgan fingerprint density at radius 2 is 1.73 bits per heavy atom. The van der Waals surface area contributed by atoms with E-state index in [1.165, 1.54) is 18.2 Å². The molecule has 0 aromatic carbocycles. The Bertz CT molecular complexity index is 344. The first-order valence-corrected chi connectivity index (χ1v) is 5.92. The fourth-order valence-corrected chi connectivity index (χ4v) is 1.43. The maximum absolute atomic E-state index is 11.2. The Labute approximate surface area is 90.8 Å². The summed E-state index contributed by atoms with van der Waals surface area (Å²) in [6.45, 7) is 5.74. The van der Waals surface area contributed by atoms with Gasteiger partial charge in [0.1, 0.15) is 6.29 Å². The first-order valence-electron chi connectivity index (χ1n) is 4.45. The van der Waals surface area contributed by atoms with Crippen molar-refractivity contribution in [1.82, 2.24) is 0 Å². The van der Waals surface area contributed by atoms with Crippen molar-refractivity contribution in [1.29, 1.82) is 0 Å². The maximum Gasteiger partial charge on any atom is 0.290 e. The highest BCUT2D eigenvalue weighted by Crippen LogP contribution is 2.14. The maximum atomic E-state index is 11.2. The molecule has 0 atom stereocenters. The van der Waals surface area contributed by atoms with Gasteiger partial charge in [0.05, 0.1) is 12.0 Å². The number of hydrogen-bond donors (Lipinski definition) is 0. The van der Waals surface area contributed by atoms with Gasteiger partial charge in [-0.15, -0.1) is 0 Å². The molecule has 0 aromatic heterocycles. The topological polar surface area (TPSA) is 60.4 Å². The van der Waals surface area contributed by atoms with Gasteiger partial charge in [0.2, 0.25) is 0 Å². The molecule has 0 spiro atoms. The molecule has 0 aliphatic rings. The zero-order valence-electron chi connectivity index (χ0n) is 9.14. The number of carbonyl (C=O) groups excluding carboxylic acids is 1. The molecule has 0 saturated carbocycles. The Balaban J connectivity index is 4.26. The van der Waals surface area contributed by atoms with Crippen LogP contribution in [0.25, 0.3) is 0 Å². The lowest BCUT2D eigenvalue weighted by Crippen LogP contribution is -2.17. The molecule has 4 nitrogen and oxygen atoms in total. The molecular formula is C10H16O4S. The van der Waals surface area contributed by atoms with E-state index in [1.807, 2.05) is 20.8 Å². The molecule has 0 amide bonds. The SMILES string of the molecule is CC(C)(C)COS(=O)(=O)/C=C/C=C/C=O. The highest BCUT2D eigenvalue weighted by Gasteiger charge is 2.15. The summed E-state index contributed by atoms with van der Waals surface area (Å²) in [6, 6.07) is 0. The van der Waals surface area contributed by atoms with Gasteiger partial charge in [0.25, 0.3) is 10.1 Å². The standard InChI is InChI=1S/C10H16O4S/c1-10(2,3)9-14-15(12,13)8-6-4-5-7-11/h4-8H,9H2,1-3H3/b5-4+,8-6+. The Morgan fingerprint density at radius 3 is 2.20 bits per heavy atom. The first kappa shape index (κ1) is 14.1. The molecule has 0 heterocycles. The molecule has 0 fully saturated rings. The van der Waals surface area contributed by atoms with Crippen molar-refractivity contribution in [3.05, 3.63) is 23.6 Å². The summed E-state index contributed by atoms with van der Waals surface area (Å²) >= 11 is 0. The molecule has 0 N–H and O–H groups in total. The Morgan fingerprint density at radius 1 is 1.13 bits per heavy atom. The number of carbonyl (C=O) groups is 1. The van der Waals surface area contributed by atoms with Crippen LogP contribution < -0.4 is 0 Å². The summed E-state index contributed by atoms with van der Waals surface area (Å²) in [5.74, 6) is 0.